The molecule has 1 aliphatic carbocycles. The van der Waals surface area contributed by atoms with Crippen LogP contribution in [-0.4, -0.2) is 15.0 Å². The molecule has 0 atom stereocenters. The Morgan fingerprint density at radius 2 is 0.656 bits per heavy atom. The van der Waals surface area contributed by atoms with Gasteiger partial charge in [0.25, 0.3) is 0 Å². The number of hydrogen-bond donors (Lipinski definition) is 0. The molecule has 3 heteroatoms. The lowest BCUT2D eigenvalue weighted by atomic mass is 9.67. The van der Waals surface area contributed by atoms with Crippen LogP contribution in [0.2, 0.25) is 0 Å². The van der Waals surface area contributed by atoms with E-state index in [9.17, 15) is 0 Å². The van der Waals surface area contributed by atoms with Crippen molar-refractivity contribution >= 4 is 0 Å². The Balaban J connectivity index is 1.22. The van der Waals surface area contributed by atoms with Crippen molar-refractivity contribution in [1.82, 2.24) is 15.0 Å². The summed E-state index contributed by atoms with van der Waals surface area (Å²) < 4.78 is 0. The fraction of sp³-hybridized carbons (Fsp3) is 0.0172. The van der Waals surface area contributed by atoms with Crippen LogP contribution >= 0.6 is 0 Å². The zero-order chi connectivity index (χ0) is 40.6. The Hall–Kier alpha value is -8.01. The third kappa shape index (κ3) is 6.27. The van der Waals surface area contributed by atoms with Crippen LogP contribution in [0.25, 0.3) is 78.7 Å². The zero-order valence-corrected chi connectivity index (χ0v) is 33.4. The lowest BCUT2D eigenvalue weighted by molar-refractivity contribution is 0.768. The highest BCUT2D eigenvalue weighted by molar-refractivity contribution is 5.98. The van der Waals surface area contributed by atoms with E-state index in [1.165, 1.54) is 33.4 Å². The summed E-state index contributed by atoms with van der Waals surface area (Å²) in [6.45, 7) is 0. The minimum Gasteiger partial charge on any atom is -0.208 e. The van der Waals surface area contributed by atoms with E-state index in [1.807, 2.05) is 36.4 Å². The average molecular weight is 778 g/mol. The van der Waals surface area contributed by atoms with Crippen molar-refractivity contribution in [1.29, 1.82) is 0 Å². The van der Waals surface area contributed by atoms with Crippen LogP contribution in [0.4, 0.5) is 0 Å². The second-order valence-electron chi connectivity index (χ2n) is 15.5. The number of nitrogens with zero attached hydrogens (tertiary/aromatic N) is 3. The van der Waals surface area contributed by atoms with Gasteiger partial charge in [0, 0.05) is 22.3 Å². The van der Waals surface area contributed by atoms with Gasteiger partial charge >= 0.3 is 0 Å². The Morgan fingerprint density at radius 3 is 1.21 bits per heavy atom. The van der Waals surface area contributed by atoms with Crippen LogP contribution in [-0.2, 0) is 5.41 Å². The maximum Gasteiger partial charge on any atom is 0.164 e. The largest absolute Gasteiger partial charge is 0.208 e. The fourth-order valence-corrected chi connectivity index (χ4v) is 9.30. The first-order valence-electron chi connectivity index (χ1n) is 20.8. The number of hydrogen-bond acceptors (Lipinski definition) is 3. The second kappa shape index (κ2) is 15.3. The molecule has 3 nitrogen and oxygen atoms in total. The van der Waals surface area contributed by atoms with Crippen molar-refractivity contribution in [2.75, 3.05) is 0 Å². The summed E-state index contributed by atoms with van der Waals surface area (Å²) >= 11 is 0. The number of aromatic nitrogens is 3. The number of fused-ring (bicyclic) bond motifs is 3. The molecule has 10 aromatic rings. The van der Waals surface area contributed by atoms with E-state index in [-0.39, 0.29) is 0 Å². The van der Waals surface area contributed by atoms with E-state index in [4.69, 9.17) is 15.0 Å². The molecule has 0 aliphatic heterocycles. The van der Waals surface area contributed by atoms with Crippen molar-refractivity contribution in [2.45, 2.75) is 5.41 Å². The van der Waals surface area contributed by atoms with Crippen molar-refractivity contribution < 1.29 is 0 Å². The molecule has 0 amide bonds. The smallest absolute Gasteiger partial charge is 0.164 e. The lowest BCUT2D eigenvalue weighted by Gasteiger charge is -2.34. The standard InChI is InChI=1S/C58H39N3/c1-7-21-40(22-8-1)45-38-49(44-35-36-53-50(37-44)48-33-19-20-34-52(48)58(53,46-29-15-5-16-30-46)47-31-17-6-18-32-47)54(41-23-9-2-10-24-41)51(39-45)57-60-55(42-25-11-3-12-26-42)59-56(61-57)43-27-13-4-14-28-43/h1-39H. The average Bonchev–Trinajstić information content (AvgIpc) is 3.65. The monoisotopic (exact) mass is 777 g/mol. The van der Waals surface area contributed by atoms with Gasteiger partial charge in [0.15, 0.2) is 17.5 Å². The molecule has 0 bridgehead atoms. The summed E-state index contributed by atoms with van der Waals surface area (Å²) in [7, 11) is 0. The molecular formula is C58H39N3. The minimum atomic E-state index is -0.487. The number of benzene rings is 9. The van der Waals surface area contributed by atoms with E-state index in [1.54, 1.807) is 0 Å². The van der Waals surface area contributed by atoms with Crippen molar-refractivity contribution in [3.8, 4) is 78.7 Å². The van der Waals surface area contributed by atoms with E-state index in [0.717, 1.165) is 50.1 Å². The van der Waals surface area contributed by atoms with E-state index in [0.29, 0.717) is 17.5 Å². The van der Waals surface area contributed by atoms with Gasteiger partial charge in [0.05, 0.1) is 5.41 Å². The predicted molar refractivity (Wildman–Crippen MR) is 250 cm³/mol. The topological polar surface area (TPSA) is 38.7 Å². The van der Waals surface area contributed by atoms with Gasteiger partial charge in [-0.3, -0.25) is 0 Å². The Labute approximate surface area is 356 Å². The SMILES string of the molecule is c1ccc(-c2cc(-c3ccc4c(c3)-c3ccccc3C4(c3ccccc3)c3ccccc3)c(-c3ccccc3)c(-c3nc(-c4ccccc4)nc(-c4ccccc4)n3)c2)cc1. The van der Waals surface area contributed by atoms with E-state index in [2.05, 4.69) is 200 Å². The molecule has 1 aromatic heterocycles. The van der Waals surface area contributed by atoms with Gasteiger partial charge in [-0.15, -0.1) is 0 Å². The minimum absolute atomic E-state index is 0.487. The van der Waals surface area contributed by atoms with Gasteiger partial charge in [0.1, 0.15) is 0 Å². The molecule has 0 radical (unpaired) electrons. The molecule has 1 heterocycles. The van der Waals surface area contributed by atoms with Crippen molar-refractivity contribution in [3.05, 3.63) is 259 Å². The number of rotatable bonds is 8. The molecule has 0 unspecified atom stereocenters. The first kappa shape index (κ1) is 36.1. The summed E-state index contributed by atoms with van der Waals surface area (Å²) in [6, 6.07) is 84.3. The van der Waals surface area contributed by atoms with Crippen molar-refractivity contribution in [2.24, 2.45) is 0 Å². The van der Waals surface area contributed by atoms with Crippen LogP contribution in [0.15, 0.2) is 237 Å². The molecule has 286 valence electrons. The second-order valence-corrected chi connectivity index (χ2v) is 15.5. The molecule has 0 fully saturated rings. The van der Waals surface area contributed by atoms with Gasteiger partial charge in [0.2, 0.25) is 0 Å². The van der Waals surface area contributed by atoms with E-state index < -0.39 is 5.41 Å². The predicted octanol–water partition coefficient (Wildman–Crippen LogP) is 14.2. The summed E-state index contributed by atoms with van der Waals surface area (Å²) in [4.78, 5) is 15.7. The van der Waals surface area contributed by atoms with Gasteiger partial charge in [-0.05, 0) is 79.4 Å². The zero-order valence-electron chi connectivity index (χ0n) is 33.4. The van der Waals surface area contributed by atoms with Gasteiger partial charge in [-0.2, -0.15) is 0 Å². The highest BCUT2D eigenvalue weighted by Crippen LogP contribution is 2.57. The van der Waals surface area contributed by atoms with Crippen molar-refractivity contribution in [3.63, 3.8) is 0 Å². The maximum atomic E-state index is 5.31. The highest BCUT2D eigenvalue weighted by atomic mass is 15.0. The molecule has 0 saturated carbocycles. The third-order valence-electron chi connectivity index (χ3n) is 12.0. The van der Waals surface area contributed by atoms with Gasteiger partial charge < -0.3 is 0 Å². The molecule has 1 aliphatic rings. The van der Waals surface area contributed by atoms with Gasteiger partial charge in [-0.25, -0.2) is 15.0 Å². The summed E-state index contributed by atoms with van der Waals surface area (Å²) in [5, 5.41) is 0. The van der Waals surface area contributed by atoms with Crippen LogP contribution in [0.3, 0.4) is 0 Å². The van der Waals surface area contributed by atoms with E-state index >= 15 is 0 Å². The lowest BCUT2D eigenvalue weighted by Crippen LogP contribution is -2.28. The molecular weight excluding hydrogens is 739 g/mol. The quantitative estimate of drug-likeness (QED) is 0.154. The molecule has 11 rings (SSSR count). The molecule has 0 spiro atoms. The summed E-state index contributed by atoms with van der Waals surface area (Å²) in [6.07, 6.45) is 0. The van der Waals surface area contributed by atoms with Crippen LogP contribution in [0.1, 0.15) is 22.3 Å². The summed E-state index contributed by atoms with van der Waals surface area (Å²) in [5.41, 5.74) is 16.4. The Bertz CT molecular complexity index is 3050. The first-order chi connectivity index (χ1) is 30.3. The Morgan fingerprint density at radius 1 is 0.246 bits per heavy atom. The molecule has 0 saturated heterocycles. The molecule has 61 heavy (non-hydrogen) atoms. The van der Waals surface area contributed by atoms with Crippen LogP contribution in [0, 0.1) is 0 Å². The summed E-state index contributed by atoms with van der Waals surface area (Å²) in [5.74, 6) is 1.87. The van der Waals surface area contributed by atoms with Crippen LogP contribution in [0.5, 0.6) is 0 Å². The maximum absolute atomic E-state index is 5.31. The van der Waals surface area contributed by atoms with Gasteiger partial charge in [-0.1, -0.05) is 218 Å². The Kier molecular flexibility index (Phi) is 9.05. The first-order valence-corrected chi connectivity index (χ1v) is 20.8. The molecule has 0 N–H and O–H groups in total. The third-order valence-corrected chi connectivity index (χ3v) is 12.0. The van der Waals surface area contributed by atoms with Crippen LogP contribution < -0.4 is 0 Å². The molecule has 9 aromatic carbocycles. The highest BCUT2D eigenvalue weighted by Gasteiger charge is 2.46. The fourth-order valence-electron chi connectivity index (χ4n) is 9.30. The normalized spacial score (nSPS) is 12.4.